The van der Waals surface area contributed by atoms with Crippen molar-refractivity contribution in [2.75, 3.05) is 17.2 Å². The summed E-state index contributed by atoms with van der Waals surface area (Å²) in [5, 5.41) is 12.7. The number of aromatic nitrogens is 4. The number of aromatic amines is 1. The molecule has 4 rings (SSSR count). The number of H-pyrrole nitrogens is 1. The zero-order chi connectivity index (χ0) is 23.6. The number of carbonyl (C=O) groups is 1. The summed E-state index contributed by atoms with van der Waals surface area (Å²) >= 11 is 0. The first-order valence-corrected chi connectivity index (χ1v) is 11.0. The average molecular weight is 447 g/mol. The predicted molar refractivity (Wildman–Crippen MR) is 131 cm³/mol. The molecule has 2 heterocycles. The fraction of sp³-hybridized carbons (Fsp3) is 0.320. The topological polar surface area (TPSA) is 96.9 Å². The third kappa shape index (κ3) is 5.34. The van der Waals surface area contributed by atoms with Gasteiger partial charge in [0.1, 0.15) is 12.1 Å². The van der Waals surface area contributed by atoms with E-state index in [-0.39, 0.29) is 11.4 Å². The van der Waals surface area contributed by atoms with E-state index in [1.165, 1.54) is 0 Å². The third-order valence-corrected chi connectivity index (χ3v) is 5.13. The summed E-state index contributed by atoms with van der Waals surface area (Å²) in [6, 6.07) is 15.0. The Morgan fingerprint density at radius 3 is 2.52 bits per heavy atom. The van der Waals surface area contributed by atoms with Gasteiger partial charge in [-0.05, 0) is 42.3 Å². The Balaban J connectivity index is 1.42. The van der Waals surface area contributed by atoms with E-state index in [2.05, 4.69) is 60.4 Å². The van der Waals surface area contributed by atoms with Crippen LogP contribution < -0.4 is 15.4 Å². The van der Waals surface area contributed by atoms with E-state index in [1.54, 1.807) is 6.33 Å². The number of carbonyl (C=O) groups excluding carboxylic acids is 1. The van der Waals surface area contributed by atoms with Crippen molar-refractivity contribution in [2.45, 2.75) is 40.0 Å². The van der Waals surface area contributed by atoms with Gasteiger partial charge in [0.15, 0.2) is 5.82 Å². The molecule has 3 N–H and O–H groups in total. The van der Waals surface area contributed by atoms with Gasteiger partial charge in [0, 0.05) is 34.6 Å². The quantitative estimate of drug-likeness (QED) is 0.353. The van der Waals surface area contributed by atoms with Gasteiger partial charge in [-0.25, -0.2) is 9.78 Å². The highest BCUT2D eigenvalue weighted by atomic mass is 16.5. The number of nitrogens with one attached hydrogen (secondary N) is 3. The van der Waals surface area contributed by atoms with Crippen LogP contribution in [0.3, 0.4) is 0 Å². The van der Waals surface area contributed by atoms with E-state index in [1.807, 2.05) is 53.1 Å². The lowest BCUT2D eigenvalue weighted by molar-refractivity contribution is 0.262. The highest BCUT2D eigenvalue weighted by Gasteiger charge is 2.17. The van der Waals surface area contributed by atoms with Crippen LogP contribution in [-0.4, -0.2) is 32.4 Å². The van der Waals surface area contributed by atoms with Crippen LogP contribution in [-0.2, 0) is 5.41 Å². The highest BCUT2D eigenvalue weighted by molar-refractivity contribution is 5.99. The van der Waals surface area contributed by atoms with Gasteiger partial charge in [-0.15, -0.1) is 0 Å². The fourth-order valence-corrected chi connectivity index (χ4v) is 3.30. The van der Waals surface area contributed by atoms with Gasteiger partial charge in [0.25, 0.3) is 0 Å². The van der Waals surface area contributed by atoms with E-state index in [9.17, 15) is 4.79 Å². The first-order valence-electron chi connectivity index (χ1n) is 11.0. The fourth-order valence-electron chi connectivity index (χ4n) is 3.30. The van der Waals surface area contributed by atoms with Crippen molar-refractivity contribution in [3.8, 4) is 11.4 Å². The van der Waals surface area contributed by atoms with Crippen molar-refractivity contribution < 1.29 is 9.53 Å². The largest absolute Gasteiger partial charge is 0.493 e. The Labute approximate surface area is 193 Å². The molecular weight excluding hydrogens is 416 g/mol. The van der Waals surface area contributed by atoms with E-state index in [0.29, 0.717) is 24.0 Å². The predicted octanol–water partition coefficient (Wildman–Crippen LogP) is 5.72. The van der Waals surface area contributed by atoms with Crippen molar-refractivity contribution in [3.63, 3.8) is 0 Å². The lowest BCUT2D eigenvalue weighted by atomic mass is 9.92. The number of hydrogen-bond acceptors (Lipinski definition) is 4. The van der Waals surface area contributed by atoms with Crippen molar-refractivity contribution in [3.05, 3.63) is 60.6 Å². The molecule has 0 unspecified atom stereocenters. The molecule has 0 aliphatic rings. The van der Waals surface area contributed by atoms with Crippen LogP contribution in [0.1, 0.15) is 40.3 Å². The van der Waals surface area contributed by atoms with Gasteiger partial charge in [0.05, 0.1) is 17.6 Å². The molecule has 8 heteroatoms. The zero-order valence-electron chi connectivity index (χ0n) is 19.6. The molecule has 0 saturated carbocycles. The van der Waals surface area contributed by atoms with Gasteiger partial charge in [-0.2, -0.15) is 5.10 Å². The van der Waals surface area contributed by atoms with E-state index in [4.69, 9.17) is 4.74 Å². The van der Waals surface area contributed by atoms with E-state index < -0.39 is 0 Å². The summed E-state index contributed by atoms with van der Waals surface area (Å²) in [7, 11) is 0. The SMILES string of the molecule is CC(C)COc1ccc2c(c1)ncn2-c1ccc(NC(=O)Nc2cc(C(C)(C)C)[nH]n2)cc1. The van der Waals surface area contributed by atoms with Gasteiger partial charge >= 0.3 is 6.03 Å². The maximum Gasteiger partial charge on any atom is 0.324 e. The molecule has 0 fully saturated rings. The number of urea groups is 1. The standard InChI is InChI=1S/C25H30N6O2/c1-16(2)14-33-19-10-11-21-20(12-19)26-15-31(21)18-8-6-17(7-9-18)27-24(32)28-23-13-22(29-30-23)25(3,4)5/h6-13,15-16H,14H2,1-5H3,(H3,27,28,29,30,32). The number of fused-ring (bicyclic) bond motifs is 1. The molecule has 0 atom stereocenters. The second-order valence-corrected chi connectivity index (χ2v) is 9.51. The molecule has 172 valence electrons. The molecule has 2 aromatic carbocycles. The Hall–Kier alpha value is -3.81. The lowest BCUT2D eigenvalue weighted by Gasteiger charge is -2.14. The van der Waals surface area contributed by atoms with Crippen LogP contribution in [0.2, 0.25) is 0 Å². The number of ether oxygens (including phenoxy) is 1. The number of hydrogen-bond donors (Lipinski definition) is 3. The zero-order valence-corrected chi connectivity index (χ0v) is 19.6. The van der Waals surface area contributed by atoms with Crippen LogP contribution in [0.5, 0.6) is 5.75 Å². The molecule has 0 aliphatic carbocycles. The molecule has 4 aromatic rings. The normalized spacial score (nSPS) is 11.7. The minimum atomic E-state index is -0.350. The number of benzene rings is 2. The van der Waals surface area contributed by atoms with Gasteiger partial charge in [-0.3, -0.25) is 15.0 Å². The maximum absolute atomic E-state index is 12.4. The van der Waals surface area contributed by atoms with Crippen LogP contribution in [0.4, 0.5) is 16.3 Å². The van der Waals surface area contributed by atoms with Crippen molar-refractivity contribution in [2.24, 2.45) is 5.92 Å². The van der Waals surface area contributed by atoms with E-state index >= 15 is 0 Å². The molecule has 0 saturated heterocycles. The third-order valence-electron chi connectivity index (χ3n) is 5.13. The summed E-state index contributed by atoms with van der Waals surface area (Å²) < 4.78 is 7.80. The maximum atomic E-state index is 12.4. The number of amides is 2. The monoisotopic (exact) mass is 446 g/mol. The Bertz CT molecular complexity index is 1250. The first kappa shape index (κ1) is 22.4. The second kappa shape index (κ2) is 8.97. The molecule has 33 heavy (non-hydrogen) atoms. The molecule has 0 spiro atoms. The summed E-state index contributed by atoms with van der Waals surface area (Å²) in [5.41, 5.74) is 4.36. The van der Waals surface area contributed by atoms with E-state index in [0.717, 1.165) is 28.2 Å². The number of imidazole rings is 1. The van der Waals surface area contributed by atoms with Crippen molar-refractivity contribution >= 4 is 28.6 Å². The molecule has 2 aromatic heterocycles. The highest BCUT2D eigenvalue weighted by Crippen LogP contribution is 2.25. The minimum absolute atomic E-state index is 0.0700. The smallest absolute Gasteiger partial charge is 0.324 e. The van der Waals surface area contributed by atoms with Gasteiger partial charge in [0.2, 0.25) is 0 Å². The van der Waals surface area contributed by atoms with Gasteiger partial charge in [-0.1, -0.05) is 34.6 Å². The molecular formula is C25H30N6O2. The first-order chi connectivity index (χ1) is 15.7. The molecule has 0 radical (unpaired) electrons. The Morgan fingerprint density at radius 1 is 1.09 bits per heavy atom. The number of nitrogens with zero attached hydrogens (tertiary/aromatic N) is 3. The van der Waals surface area contributed by atoms with Crippen LogP contribution in [0.25, 0.3) is 16.7 Å². The Kier molecular flexibility index (Phi) is 6.09. The van der Waals surface area contributed by atoms with Crippen LogP contribution >= 0.6 is 0 Å². The number of rotatable bonds is 6. The lowest BCUT2D eigenvalue weighted by Crippen LogP contribution is -2.19. The van der Waals surface area contributed by atoms with Crippen molar-refractivity contribution in [1.82, 2.24) is 19.7 Å². The molecule has 0 bridgehead atoms. The Morgan fingerprint density at radius 2 is 1.85 bits per heavy atom. The molecule has 2 amide bonds. The van der Waals surface area contributed by atoms with Crippen LogP contribution in [0.15, 0.2) is 54.9 Å². The van der Waals surface area contributed by atoms with Crippen molar-refractivity contribution in [1.29, 1.82) is 0 Å². The second-order valence-electron chi connectivity index (χ2n) is 9.51. The summed E-state index contributed by atoms with van der Waals surface area (Å²) in [6.07, 6.45) is 1.79. The minimum Gasteiger partial charge on any atom is -0.493 e. The number of anilines is 2. The average Bonchev–Trinajstić information content (AvgIpc) is 3.39. The summed E-state index contributed by atoms with van der Waals surface area (Å²) in [6.45, 7) is 11.1. The molecule has 0 aliphatic heterocycles. The van der Waals surface area contributed by atoms with Crippen LogP contribution in [0, 0.1) is 5.92 Å². The summed E-state index contributed by atoms with van der Waals surface area (Å²) in [5.74, 6) is 1.77. The summed E-state index contributed by atoms with van der Waals surface area (Å²) in [4.78, 5) is 16.9. The molecule has 8 nitrogen and oxygen atoms in total. The van der Waals surface area contributed by atoms with Gasteiger partial charge < -0.3 is 10.1 Å².